The summed E-state index contributed by atoms with van der Waals surface area (Å²) in [5, 5.41) is 18.3. The van der Waals surface area contributed by atoms with Crippen LogP contribution >= 0.6 is 0 Å². The van der Waals surface area contributed by atoms with Gasteiger partial charge in [0.15, 0.2) is 0 Å². The average molecular weight is 221 g/mol. The molecule has 2 unspecified atom stereocenters. The zero-order chi connectivity index (χ0) is 11.5. The van der Waals surface area contributed by atoms with Crippen LogP contribution in [-0.2, 0) is 4.74 Å². The topological polar surface area (TPSA) is 62.1 Å². The zero-order valence-electron chi connectivity index (χ0n) is 9.13. The van der Waals surface area contributed by atoms with Crippen LogP contribution < -0.4 is 0 Å². The van der Waals surface area contributed by atoms with Gasteiger partial charge in [-0.3, -0.25) is 0 Å². The van der Waals surface area contributed by atoms with Gasteiger partial charge in [-0.1, -0.05) is 18.2 Å². The molecule has 0 bridgehead atoms. The first-order valence-corrected chi connectivity index (χ1v) is 5.28. The van der Waals surface area contributed by atoms with E-state index in [1.54, 1.807) is 0 Å². The Bertz CT molecular complexity index is 403. The second-order valence-electron chi connectivity index (χ2n) is 3.88. The van der Waals surface area contributed by atoms with E-state index in [9.17, 15) is 5.11 Å². The molecular formula is C12H15NO3. The van der Waals surface area contributed by atoms with E-state index in [0.717, 1.165) is 11.1 Å². The summed E-state index contributed by atoms with van der Waals surface area (Å²) in [5.74, 6) is 0.551. The molecule has 2 atom stereocenters. The molecule has 1 heterocycles. The summed E-state index contributed by atoms with van der Waals surface area (Å²) < 4.78 is 5.43. The lowest BCUT2D eigenvalue weighted by molar-refractivity contribution is 0.0666. The average Bonchev–Trinajstić information content (AvgIpc) is 2.78. The van der Waals surface area contributed by atoms with Gasteiger partial charge in [-0.2, -0.15) is 0 Å². The van der Waals surface area contributed by atoms with Crippen molar-refractivity contribution >= 4 is 5.90 Å². The fraction of sp³-hybridized carbons (Fsp3) is 0.417. The SMILES string of the molecule is Cc1ccccc1C1=NC(C(O)CO)CO1. The van der Waals surface area contributed by atoms with Crippen LogP contribution in [0.3, 0.4) is 0 Å². The minimum absolute atomic E-state index is 0.293. The predicted octanol–water partition coefficient (Wildman–Crippen LogP) is 0.494. The van der Waals surface area contributed by atoms with Crippen LogP contribution in [0.15, 0.2) is 29.3 Å². The highest BCUT2D eigenvalue weighted by Crippen LogP contribution is 2.17. The molecule has 0 aliphatic carbocycles. The molecular weight excluding hydrogens is 206 g/mol. The normalized spacial score (nSPS) is 21.4. The lowest BCUT2D eigenvalue weighted by atomic mass is 10.1. The van der Waals surface area contributed by atoms with Crippen molar-refractivity contribution in [1.29, 1.82) is 0 Å². The maximum Gasteiger partial charge on any atom is 0.216 e. The number of ether oxygens (including phenoxy) is 1. The lowest BCUT2D eigenvalue weighted by Gasteiger charge is -2.09. The Morgan fingerprint density at radius 1 is 1.50 bits per heavy atom. The van der Waals surface area contributed by atoms with E-state index < -0.39 is 6.10 Å². The highest BCUT2D eigenvalue weighted by atomic mass is 16.5. The molecule has 0 saturated heterocycles. The number of nitrogens with zero attached hydrogens (tertiary/aromatic N) is 1. The summed E-state index contributed by atoms with van der Waals surface area (Å²) in [5.41, 5.74) is 2.02. The van der Waals surface area contributed by atoms with Crippen LogP contribution in [0.2, 0.25) is 0 Å². The van der Waals surface area contributed by atoms with E-state index in [2.05, 4.69) is 4.99 Å². The molecule has 2 N–H and O–H groups in total. The number of hydrogen-bond donors (Lipinski definition) is 2. The van der Waals surface area contributed by atoms with E-state index in [1.807, 2.05) is 31.2 Å². The number of aliphatic hydroxyl groups is 2. The van der Waals surface area contributed by atoms with Crippen LogP contribution in [0, 0.1) is 6.92 Å². The first-order chi connectivity index (χ1) is 7.72. The number of aliphatic hydroxyl groups excluding tert-OH is 2. The summed E-state index contributed by atoms with van der Waals surface area (Å²) in [4.78, 5) is 4.27. The van der Waals surface area contributed by atoms with E-state index in [0.29, 0.717) is 12.5 Å². The molecule has 1 aliphatic heterocycles. The summed E-state index contributed by atoms with van der Waals surface area (Å²) in [6, 6.07) is 7.43. The molecule has 4 heteroatoms. The number of hydrogen-bond acceptors (Lipinski definition) is 4. The van der Waals surface area contributed by atoms with Crippen LogP contribution in [0.5, 0.6) is 0 Å². The Morgan fingerprint density at radius 3 is 2.94 bits per heavy atom. The molecule has 0 aromatic heterocycles. The van der Waals surface area contributed by atoms with E-state index >= 15 is 0 Å². The van der Waals surface area contributed by atoms with Crippen molar-refractivity contribution in [3.8, 4) is 0 Å². The van der Waals surface area contributed by atoms with Crippen molar-refractivity contribution in [3.63, 3.8) is 0 Å². The molecule has 86 valence electrons. The highest BCUT2D eigenvalue weighted by Gasteiger charge is 2.26. The van der Waals surface area contributed by atoms with Gasteiger partial charge in [-0.25, -0.2) is 4.99 Å². The molecule has 1 aromatic rings. The van der Waals surface area contributed by atoms with Crippen LogP contribution in [0.4, 0.5) is 0 Å². The minimum atomic E-state index is -0.846. The second kappa shape index (κ2) is 4.63. The van der Waals surface area contributed by atoms with Crippen LogP contribution in [0.1, 0.15) is 11.1 Å². The van der Waals surface area contributed by atoms with Crippen molar-refractivity contribution in [1.82, 2.24) is 0 Å². The fourth-order valence-corrected chi connectivity index (χ4v) is 1.67. The largest absolute Gasteiger partial charge is 0.475 e. The monoisotopic (exact) mass is 221 g/mol. The highest BCUT2D eigenvalue weighted by molar-refractivity contribution is 5.96. The van der Waals surface area contributed by atoms with Crippen LogP contribution in [-0.4, -0.2) is 41.5 Å². The van der Waals surface area contributed by atoms with Gasteiger partial charge in [-0.15, -0.1) is 0 Å². The van der Waals surface area contributed by atoms with Gasteiger partial charge in [0.05, 0.1) is 6.61 Å². The Balaban J connectivity index is 2.21. The molecule has 0 saturated carbocycles. The molecule has 0 amide bonds. The third kappa shape index (κ3) is 2.08. The van der Waals surface area contributed by atoms with Crippen molar-refractivity contribution in [2.45, 2.75) is 19.1 Å². The number of aryl methyl sites for hydroxylation is 1. The van der Waals surface area contributed by atoms with Gasteiger partial charge in [0.25, 0.3) is 0 Å². The van der Waals surface area contributed by atoms with Crippen LogP contribution in [0.25, 0.3) is 0 Å². The van der Waals surface area contributed by atoms with E-state index in [1.165, 1.54) is 0 Å². The molecule has 0 radical (unpaired) electrons. The first kappa shape index (κ1) is 11.1. The maximum atomic E-state index is 9.45. The Morgan fingerprint density at radius 2 is 2.25 bits per heavy atom. The molecule has 4 nitrogen and oxygen atoms in total. The molecule has 0 spiro atoms. The predicted molar refractivity (Wildman–Crippen MR) is 60.5 cm³/mol. The Kier molecular flexibility index (Phi) is 3.22. The molecule has 1 aliphatic rings. The van der Waals surface area contributed by atoms with Crippen molar-refractivity contribution in [2.75, 3.05) is 13.2 Å². The number of benzene rings is 1. The molecule has 0 fully saturated rings. The van der Waals surface area contributed by atoms with Gasteiger partial charge in [0.2, 0.25) is 5.90 Å². The van der Waals surface area contributed by atoms with Gasteiger partial charge < -0.3 is 14.9 Å². The third-order valence-corrected chi connectivity index (χ3v) is 2.68. The van der Waals surface area contributed by atoms with Gasteiger partial charge >= 0.3 is 0 Å². The Hall–Kier alpha value is -1.39. The van der Waals surface area contributed by atoms with E-state index in [4.69, 9.17) is 9.84 Å². The number of rotatable bonds is 3. The quantitative estimate of drug-likeness (QED) is 0.781. The standard InChI is InChI=1S/C12H15NO3/c1-8-4-2-3-5-9(8)12-13-10(7-16-12)11(15)6-14/h2-5,10-11,14-15H,6-7H2,1H3. The van der Waals surface area contributed by atoms with Gasteiger partial charge in [0.1, 0.15) is 18.8 Å². The first-order valence-electron chi connectivity index (χ1n) is 5.28. The van der Waals surface area contributed by atoms with Crippen molar-refractivity contribution in [2.24, 2.45) is 4.99 Å². The summed E-state index contributed by atoms with van der Waals surface area (Å²) >= 11 is 0. The molecule has 2 rings (SSSR count). The summed E-state index contributed by atoms with van der Waals surface area (Å²) in [6.07, 6.45) is -0.846. The second-order valence-corrected chi connectivity index (χ2v) is 3.88. The third-order valence-electron chi connectivity index (χ3n) is 2.68. The number of aliphatic imine (C=N–C) groups is 1. The smallest absolute Gasteiger partial charge is 0.216 e. The lowest BCUT2D eigenvalue weighted by Crippen LogP contribution is -2.28. The van der Waals surface area contributed by atoms with Crippen molar-refractivity contribution in [3.05, 3.63) is 35.4 Å². The van der Waals surface area contributed by atoms with Gasteiger partial charge in [0, 0.05) is 5.56 Å². The molecule has 16 heavy (non-hydrogen) atoms. The fourth-order valence-electron chi connectivity index (χ4n) is 1.67. The zero-order valence-corrected chi connectivity index (χ0v) is 9.13. The van der Waals surface area contributed by atoms with E-state index in [-0.39, 0.29) is 12.6 Å². The summed E-state index contributed by atoms with van der Waals surface area (Å²) in [6.45, 7) is 2.01. The minimum Gasteiger partial charge on any atom is -0.475 e. The Labute approximate surface area is 94.2 Å². The molecule has 1 aromatic carbocycles. The van der Waals surface area contributed by atoms with Gasteiger partial charge in [-0.05, 0) is 18.6 Å². The summed E-state index contributed by atoms with van der Waals surface area (Å²) in [7, 11) is 0. The maximum absolute atomic E-state index is 9.45. The van der Waals surface area contributed by atoms with Crippen molar-refractivity contribution < 1.29 is 14.9 Å².